The molecule has 0 radical (unpaired) electrons. The second kappa shape index (κ2) is 4.33. The van der Waals surface area contributed by atoms with E-state index in [1.807, 2.05) is 18.2 Å². The maximum Gasteiger partial charge on any atom is 0.256 e. The van der Waals surface area contributed by atoms with Gasteiger partial charge in [0.15, 0.2) is 0 Å². The maximum atomic E-state index is 13.0. The van der Waals surface area contributed by atoms with E-state index in [0.29, 0.717) is 17.4 Å². The molecule has 4 nitrogen and oxygen atoms in total. The fraction of sp³-hybridized carbons (Fsp3) is 0.529. The van der Waals surface area contributed by atoms with Crippen LogP contribution in [0.15, 0.2) is 24.5 Å². The van der Waals surface area contributed by atoms with Crippen LogP contribution in [0.25, 0.3) is 11.0 Å². The van der Waals surface area contributed by atoms with Gasteiger partial charge >= 0.3 is 0 Å². The van der Waals surface area contributed by atoms with Crippen molar-refractivity contribution in [2.24, 2.45) is 11.3 Å². The van der Waals surface area contributed by atoms with Gasteiger partial charge in [-0.1, -0.05) is 26.3 Å². The summed E-state index contributed by atoms with van der Waals surface area (Å²) in [5, 5.41) is 0. The molecule has 110 valence electrons. The molecule has 1 spiro atoms. The third kappa shape index (κ3) is 1.68. The Kier molecular flexibility index (Phi) is 2.65. The predicted octanol–water partition coefficient (Wildman–Crippen LogP) is 3.21. The van der Waals surface area contributed by atoms with Crippen molar-refractivity contribution < 1.29 is 4.79 Å². The monoisotopic (exact) mass is 283 g/mol. The number of fused-ring (bicyclic) bond motifs is 1. The first-order valence-corrected chi connectivity index (χ1v) is 7.85. The smallest absolute Gasteiger partial charge is 0.256 e. The van der Waals surface area contributed by atoms with Gasteiger partial charge in [0.1, 0.15) is 5.52 Å². The van der Waals surface area contributed by atoms with E-state index in [0.717, 1.165) is 23.1 Å². The molecule has 2 aromatic rings. The molecule has 1 amide bonds. The second-order valence-electron chi connectivity index (χ2n) is 6.94. The number of likely N-dealkylation sites (tertiary alicyclic amines) is 1. The van der Waals surface area contributed by atoms with Gasteiger partial charge in [0.2, 0.25) is 0 Å². The summed E-state index contributed by atoms with van der Waals surface area (Å²) in [6.07, 6.45) is 5.55. The number of hydrogen-bond acceptors (Lipinski definition) is 2. The molecule has 1 unspecified atom stereocenters. The highest BCUT2D eigenvalue weighted by molar-refractivity contribution is 6.05. The lowest BCUT2D eigenvalue weighted by molar-refractivity contribution is -0.120. The van der Waals surface area contributed by atoms with Crippen LogP contribution in [0.1, 0.15) is 43.5 Å². The molecule has 21 heavy (non-hydrogen) atoms. The summed E-state index contributed by atoms with van der Waals surface area (Å²) in [6, 6.07) is 6.18. The van der Waals surface area contributed by atoms with Gasteiger partial charge in [-0.3, -0.25) is 4.79 Å². The van der Waals surface area contributed by atoms with Crippen LogP contribution in [0.5, 0.6) is 0 Å². The minimum atomic E-state index is 0.143. The number of nitrogens with one attached hydrogen (secondary N) is 1. The number of carbonyl (C=O) groups is 1. The standard InChI is InChI=1S/C17H21N3O/c1-11(2)15-17(7-4-8-17)9-20(15)16(21)12-5-3-6-13-14(12)19-10-18-13/h3,5-6,10-11,15H,4,7-9H2,1-2H3,(H,18,19). The molecule has 2 aliphatic rings. The zero-order valence-electron chi connectivity index (χ0n) is 12.6. The van der Waals surface area contributed by atoms with Crippen LogP contribution in [0.4, 0.5) is 0 Å². The molecule has 2 heterocycles. The molecule has 1 saturated carbocycles. The van der Waals surface area contributed by atoms with Crippen molar-refractivity contribution in [3.63, 3.8) is 0 Å². The van der Waals surface area contributed by atoms with Crippen molar-refractivity contribution >= 4 is 16.9 Å². The number of benzene rings is 1. The van der Waals surface area contributed by atoms with Gasteiger partial charge in [-0.15, -0.1) is 0 Å². The Hall–Kier alpha value is -1.84. The van der Waals surface area contributed by atoms with Crippen LogP contribution in [0.3, 0.4) is 0 Å². The van der Waals surface area contributed by atoms with Gasteiger partial charge < -0.3 is 9.88 Å². The highest BCUT2D eigenvalue weighted by atomic mass is 16.2. The Bertz CT molecular complexity index is 699. The lowest BCUT2D eigenvalue weighted by Crippen LogP contribution is -2.70. The fourth-order valence-corrected chi connectivity index (χ4v) is 4.39. The number of aromatic nitrogens is 2. The number of hydrogen-bond donors (Lipinski definition) is 1. The minimum absolute atomic E-state index is 0.143. The Balaban J connectivity index is 1.67. The van der Waals surface area contributed by atoms with E-state index in [1.165, 1.54) is 19.3 Å². The highest BCUT2D eigenvalue weighted by Crippen LogP contribution is 2.55. The van der Waals surface area contributed by atoms with Crippen LogP contribution in [0, 0.1) is 11.3 Å². The average Bonchev–Trinajstić information content (AvgIpc) is 2.82. The number of carbonyl (C=O) groups excluding carboxylic acids is 1. The van der Waals surface area contributed by atoms with E-state index in [9.17, 15) is 4.79 Å². The lowest BCUT2D eigenvalue weighted by Gasteiger charge is -2.64. The Morgan fingerprint density at radius 2 is 2.24 bits per heavy atom. The van der Waals surface area contributed by atoms with Crippen molar-refractivity contribution in [2.45, 2.75) is 39.2 Å². The predicted molar refractivity (Wildman–Crippen MR) is 82.0 cm³/mol. The van der Waals surface area contributed by atoms with E-state index in [4.69, 9.17) is 0 Å². The summed E-state index contributed by atoms with van der Waals surface area (Å²) in [5.74, 6) is 0.658. The molecule has 1 atom stereocenters. The molecule has 1 aliphatic heterocycles. The molecule has 1 aromatic carbocycles. The van der Waals surface area contributed by atoms with Gasteiger partial charge in [-0.05, 0) is 30.9 Å². The van der Waals surface area contributed by atoms with Crippen LogP contribution >= 0.6 is 0 Å². The largest absolute Gasteiger partial charge is 0.345 e. The summed E-state index contributed by atoms with van der Waals surface area (Å²) in [6.45, 7) is 5.40. The van der Waals surface area contributed by atoms with Crippen molar-refractivity contribution in [3.05, 3.63) is 30.1 Å². The van der Waals surface area contributed by atoms with Gasteiger partial charge in [-0.2, -0.15) is 0 Å². The topological polar surface area (TPSA) is 49.0 Å². The first-order chi connectivity index (χ1) is 10.1. The zero-order chi connectivity index (χ0) is 14.6. The molecular weight excluding hydrogens is 262 g/mol. The number of aromatic amines is 1. The normalized spacial score (nSPS) is 23.4. The number of nitrogens with zero attached hydrogens (tertiary/aromatic N) is 2. The number of rotatable bonds is 2. The number of imidazole rings is 1. The Labute approximate surface area is 124 Å². The first kappa shape index (κ1) is 12.9. The molecule has 1 saturated heterocycles. The van der Waals surface area contributed by atoms with Crippen LogP contribution in [0.2, 0.25) is 0 Å². The van der Waals surface area contributed by atoms with E-state index < -0.39 is 0 Å². The molecule has 4 heteroatoms. The average molecular weight is 283 g/mol. The molecule has 2 fully saturated rings. The summed E-state index contributed by atoms with van der Waals surface area (Å²) in [7, 11) is 0. The maximum absolute atomic E-state index is 13.0. The zero-order valence-corrected chi connectivity index (χ0v) is 12.6. The van der Waals surface area contributed by atoms with Crippen LogP contribution < -0.4 is 0 Å². The summed E-state index contributed by atoms with van der Waals surface area (Å²) in [5.41, 5.74) is 2.87. The van der Waals surface area contributed by atoms with Crippen molar-refractivity contribution in [3.8, 4) is 0 Å². The van der Waals surface area contributed by atoms with Gasteiger partial charge in [-0.25, -0.2) is 4.98 Å². The number of para-hydroxylation sites is 1. The van der Waals surface area contributed by atoms with Gasteiger partial charge in [0.25, 0.3) is 5.91 Å². The van der Waals surface area contributed by atoms with Crippen molar-refractivity contribution in [1.82, 2.24) is 14.9 Å². The van der Waals surface area contributed by atoms with Gasteiger partial charge in [0, 0.05) is 18.0 Å². The molecule has 1 N–H and O–H groups in total. The number of H-pyrrole nitrogens is 1. The Morgan fingerprint density at radius 1 is 1.43 bits per heavy atom. The quantitative estimate of drug-likeness (QED) is 0.920. The van der Waals surface area contributed by atoms with E-state index in [-0.39, 0.29) is 5.91 Å². The second-order valence-corrected chi connectivity index (χ2v) is 6.94. The van der Waals surface area contributed by atoms with E-state index in [1.54, 1.807) is 6.33 Å². The summed E-state index contributed by atoms with van der Waals surface area (Å²) < 4.78 is 0. The fourth-order valence-electron chi connectivity index (χ4n) is 4.39. The van der Waals surface area contributed by atoms with Crippen molar-refractivity contribution in [1.29, 1.82) is 0 Å². The summed E-state index contributed by atoms with van der Waals surface area (Å²) in [4.78, 5) is 22.4. The van der Waals surface area contributed by atoms with E-state index >= 15 is 0 Å². The third-order valence-corrected chi connectivity index (χ3v) is 5.37. The highest BCUT2D eigenvalue weighted by Gasteiger charge is 2.58. The number of amides is 1. The molecule has 4 rings (SSSR count). The summed E-state index contributed by atoms with van der Waals surface area (Å²) >= 11 is 0. The third-order valence-electron chi connectivity index (χ3n) is 5.37. The first-order valence-electron chi connectivity index (χ1n) is 7.85. The van der Waals surface area contributed by atoms with E-state index in [2.05, 4.69) is 28.7 Å². The van der Waals surface area contributed by atoms with Crippen LogP contribution in [-0.2, 0) is 0 Å². The molecule has 1 aliphatic carbocycles. The Morgan fingerprint density at radius 3 is 2.90 bits per heavy atom. The molecular formula is C17H21N3O. The molecule has 0 bridgehead atoms. The van der Waals surface area contributed by atoms with Crippen LogP contribution in [-0.4, -0.2) is 33.4 Å². The SMILES string of the molecule is CC(C)C1N(C(=O)c2cccc3[nH]cnc23)CC12CCC2. The minimum Gasteiger partial charge on any atom is -0.345 e. The van der Waals surface area contributed by atoms with Gasteiger partial charge in [0.05, 0.1) is 17.4 Å². The lowest BCUT2D eigenvalue weighted by atomic mass is 9.55. The molecule has 1 aromatic heterocycles. The van der Waals surface area contributed by atoms with Crippen molar-refractivity contribution in [2.75, 3.05) is 6.54 Å².